The number of amides is 2. The fourth-order valence-electron chi connectivity index (χ4n) is 4.16. The van der Waals surface area contributed by atoms with Crippen LogP contribution in [-0.4, -0.2) is 43.5 Å². The van der Waals surface area contributed by atoms with Crippen LogP contribution >= 0.6 is 0 Å². The summed E-state index contributed by atoms with van der Waals surface area (Å²) in [5.74, 6) is 0.181. The van der Waals surface area contributed by atoms with E-state index in [1.165, 1.54) is 19.2 Å². The lowest BCUT2D eigenvalue weighted by atomic mass is 9.97. The maximum Gasteiger partial charge on any atom is 0.416 e. The second-order valence-electron chi connectivity index (χ2n) is 7.53. The number of methoxy groups -OCH3 is 2. The fourth-order valence-corrected chi connectivity index (χ4v) is 4.16. The predicted molar refractivity (Wildman–Crippen MR) is 106 cm³/mol. The third-order valence-corrected chi connectivity index (χ3v) is 5.74. The highest BCUT2D eigenvalue weighted by atomic mass is 19.4. The molecule has 6 nitrogen and oxygen atoms in total. The van der Waals surface area contributed by atoms with Gasteiger partial charge in [-0.3, -0.25) is 14.5 Å². The predicted octanol–water partition coefficient (Wildman–Crippen LogP) is 3.41. The van der Waals surface area contributed by atoms with Gasteiger partial charge in [0.1, 0.15) is 0 Å². The summed E-state index contributed by atoms with van der Waals surface area (Å²) < 4.78 is 49.9. The van der Waals surface area contributed by atoms with Crippen LogP contribution in [0.1, 0.15) is 23.1 Å². The minimum absolute atomic E-state index is 0.0591. The molecule has 1 fully saturated rings. The molecule has 0 N–H and O–H groups in total. The first-order valence-electron chi connectivity index (χ1n) is 9.75. The molecule has 9 heteroatoms. The van der Waals surface area contributed by atoms with E-state index in [4.69, 9.17) is 9.47 Å². The van der Waals surface area contributed by atoms with E-state index in [0.717, 1.165) is 28.2 Å². The maximum absolute atomic E-state index is 13.1. The van der Waals surface area contributed by atoms with Crippen LogP contribution in [0.25, 0.3) is 0 Å². The van der Waals surface area contributed by atoms with Gasteiger partial charge in [-0.05, 0) is 47.9 Å². The van der Waals surface area contributed by atoms with Gasteiger partial charge in [0, 0.05) is 13.1 Å². The highest BCUT2D eigenvalue weighted by Gasteiger charge is 2.44. The average Bonchev–Trinajstić information content (AvgIpc) is 3.05. The third-order valence-electron chi connectivity index (χ3n) is 5.74. The van der Waals surface area contributed by atoms with Crippen LogP contribution in [0.5, 0.6) is 11.5 Å². The van der Waals surface area contributed by atoms with Crippen LogP contribution in [0.3, 0.4) is 0 Å². The molecule has 2 aromatic carbocycles. The first-order valence-corrected chi connectivity index (χ1v) is 9.75. The average molecular weight is 434 g/mol. The van der Waals surface area contributed by atoms with Gasteiger partial charge in [0.05, 0.1) is 37.9 Å². The van der Waals surface area contributed by atoms with Crippen molar-refractivity contribution in [2.75, 3.05) is 25.7 Å². The molecule has 2 aromatic rings. The molecule has 2 aliphatic heterocycles. The number of halogens is 3. The lowest BCUT2D eigenvalue weighted by Crippen LogP contribution is -2.44. The smallest absolute Gasteiger partial charge is 0.416 e. The Morgan fingerprint density at radius 1 is 1.00 bits per heavy atom. The number of carbonyl (C=O) groups is 2. The summed E-state index contributed by atoms with van der Waals surface area (Å²) in [4.78, 5) is 28.4. The zero-order valence-electron chi connectivity index (χ0n) is 17.0. The zero-order chi connectivity index (χ0) is 22.3. The largest absolute Gasteiger partial charge is 0.493 e. The number of alkyl halides is 3. The van der Waals surface area contributed by atoms with Crippen molar-refractivity contribution in [1.82, 2.24) is 4.90 Å². The summed E-state index contributed by atoms with van der Waals surface area (Å²) in [6.07, 6.45) is -3.98. The minimum atomic E-state index is -4.56. The molecule has 0 spiro atoms. The van der Waals surface area contributed by atoms with E-state index in [0.29, 0.717) is 31.0 Å². The number of rotatable bonds is 4. The lowest BCUT2D eigenvalue weighted by molar-refractivity contribution is -0.137. The van der Waals surface area contributed by atoms with Crippen molar-refractivity contribution in [3.63, 3.8) is 0 Å². The number of anilines is 1. The van der Waals surface area contributed by atoms with E-state index in [9.17, 15) is 22.8 Å². The highest BCUT2D eigenvalue weighted by molar-refractivity contribution is 6.22. The van der Waals surface area contributed by atoms with Gasteiger partial charge in [-0.15, -0.1) is 0 Å². The first-order chi connectivity index (χ1) is 14.7. The SMILES string of the molecule is COc1cc2c(cc1OC)CN(C1CC(=O)N(c3cccc(C(F)(F)F)c3)C1=O)CC2. The Morgan fingerprint density at radius 2 is 1.68 bits per heavy atom. The number of hydrogen-bond donors (Lipinski definition) is 0. The number of fused-ring (bicyclic) bond motifs is 1. The van der Waals surface area contributed by atoms with Crippen molar-refractivity contribution < 1.29 is 32.2 Å². The van der Waals surface area contributed by atoms with Gasteiger partial charge in [-0.1, -0.05) is 6.07 Å². The molecule has 4 rings (SSSR count). The van der Waals surface area contributed by atoms with Crippen molar-refractivity contribution in [1.29, 1.82) is 0 Å². The molecule has 2 heterocycles. The van der Waals surface area contributed by atoms with E-state index in [-0.39, 0.29) is 12.1 Å². The van der Waals surface area contributed by atoms with Gasteiger partial charge >= 0.3 is 6.18 Å². The maximum atomic E-state index is 13.1. The second kappa shape index (κ2) is 7.88. The molecule has 2 amide bonds. The van der Waals surface area contributed by atoms with E-state index < -0.39 is 29.6 Å². The van der Waals surface area contributed by atoms with Crippen molar-refractivity contribution in [2.45, 2.75) is 31.6 Å². The Hall–Kier alpha value is -3.07. The van der Waals surface area contributed by atoms with Crippen LogP contribution < -0.4 is 14.4 Å². The van der Waals surface area contributed by atoms with E-state index in [1.54, 1.807) is 7.11 Å². The molecule has 164 valence electrons. The number of carbonyl (C=O) groups excluding carboxylic acids is 2. The quantitative estimate of drug-likeness (QED) is 0.691. The normalized spacial score (nSPS) is 19.5. The van der Waals surface area contributed by atoms with Crippen LogP contribution in [0.15, 0.2) is 36.4 Å². The molecule has 31 heavy (non-hydrogen) atoms. The first kappa shape index (κ1) is 21.2. The summed E-state index contributed by atoms with van der Waals surface area (Å²) in [5.41, 5.74) is 1.07. The number of nitrogens with zero attached hydrogens (tertiary/aromatic N) is 2. The molecule has 0 radical (unpaired) electrons. The highest BCUT2D eigenvalue weighted by Crippen LogP contribution is 2.36. The standard InChI is InChI=1S/C22H21F3N2O4/c1-30-18-8-13-6-7-26(12-14(13)9-19(18)31-2)17-11-20(28)27(21(17)29)16-5-3-4-15(10-16)22(23,24)25/h3-5,8-10,17H,6-7,11-12H2,1-2H3. The number of imide groups is 1. The van der Waals surface area contributed by atoms with Crippen LogP contribution in [0.2, 0.25) is 0 Å². The summed E-state index contributed by atoms with van der Waals surface area (Å²) in [6, 6.07) is 7.33. The lowest BCUT2D eigenvalue weighted by Gasteiger charge is -2.32. The van der Waals surface area contributed by atoms with Crippen molar-refractivity contribution in [3.8, 4) is 11.5 Å². The Kier molecular flexibility index (Phi) is 5.38. The Bertz CT molecular complexity index is 1040. The van der Waals surface area contributed by atoms with Crippen molar-refractivity contribution in [2.24, 2.45) is 0 Å². The van der Waals surface area contributed by atoms with E-state index in [1.807, 2.05) is 17.0 Å². The van der Waals surface area contributed by atoms with Gasteiger partial charge < -0.3 is 9.47 Å². The van der Waals surface area contributed by atoms with Crippen LogP contribution in [0.4, 0.5) is 18.9 Å². The molecular weight excluding hydrogens is 413 g/mol. The molecule has 1 atom stereocenters. The Morgan fingerprint density at radius 3 is 2.32 bits per heavy atom. The number of hydrogen-bond acceptors (Lipinski definition) is 5. The molecule has 1 unspecified atom stereocenters. The second-order valence-corrected chi connectivity index (χ2v) is 7.53. The Balaban J connectivity index is 1.58. The molecule has 1 saturated heterocycles. The number of ether oxygens (including phenoxy) is 2. The monoisotopic (exact) mass is 434 g/mol. The van der Waals surface area contributed by atoms with E-state index >= 15 is 0 Å². The van der Waals surface area contributed by atoms with Gasteiger partial charge in [-0.2, -0.15) is 13.2 Å². The van der Waals surface area contributed by atoms with Crippen LogP contribution in [0, 0.1) is 0 Å². The van der Waals surface area contributed by atoms with Gasteiger partial charge in [0.2, 0.25) is 5.91 Å². The summed E-state index contributed by atoms with van der Waals surface area (Å²) in [6.45, 7) is 0.971. The molecule has 2 aliphatic rings. The molecule has 0 aromatic heterocycles. The van der Waals surface area contributed by atoms with Crippen LogP contribution in [-0.2, 0) is 28.7 Å². The molecule has 0 bridgehead atoms. The number of benzene rings is 2. The summed E-state index contributed by atoms with van der Waals surface area (Å²) in [7, 11) is 3.10. The third kappa shape index (κ3) is 3.85. The molecular formula is C22H21F3N2O4. The molecule has 0 aliphatic carbocycles. The molecule has 0 saturated carbocycles. The van der Waals surface area contributed by atoms with Gasteiger partial charge in [-0.25, -0.2) is 4.90 Å². The van der Waals surface area contributed by atoms with Gasteiger partial charge in [0.25, 0.3) is 5.91 Å². The topological polar surface area (TPSA) is 59.1 Å². The van der Waals surface area contributed by atoms with E-state index in [2.05, 4.69) is 0 Å². The summed E-state index contributed by atoms with van der Waals surface area (Å²) >= 11 is 0. The van der Waals surface area contributed by atoms with Crippen molar-refractivity contribution >= 4 is 17.5 Å². The minimum Gasteiger partial charge on any atom is -0.493 e. The van der Waals surface area contributed by atoms with Gasteiger partial charge in [0.15, 0.2) is 11.5 Å². The summed E-state index contributed by atoms with van der Waals surface area (Å²) in [5, 5.41) is 0. The Labute approximate surface area is 177 Å². The van der Waals surface area contributed by atoms with Crippen molar-refractivity contribution in [3.05, 3.63) is 53.1 Å². The fraction of sp³-hybridized carbons (Fsp3) is 0.364. The zero-order valence-corrected chi connectivity index (χ0v) is 17.0.